The molecule has 6 heteroatoms. The van der Waals surface area contributed by atoms with Crippen LogP contribution in [0.4, 0.5) is 10.1 Å². The Morgan fingerprint density at radius 2 is 1.65 bits per heavy atom. The fourth-order valence-corrected chi connectivity index (χ4v) is 3.28. The average Bonchev–Trinajstić information content (AvgIpc) is 3.19. The molecular weight excluding hydrogens is 331 g/mol. The van der Waals surface area contributed by atoms with Crippen molar-refractivity contribution in [3.05, 3.63) is 66.3 Å². The molecule has 1 atom stereocenters. The third kappa shape index (κ3) is 3.46. The van der Waals surface area contributed by atoms with E-state index in [0.29, 0.717) is 11.7 Å². The molecule has 1 unspecified atom stereocenters. The van der Waals surface area contributed by atoms with E-state index < -0.39 is 0 Å². The van der Waals surface area contributed by atoms with Crippen LogP contribution in [0.1, 0.15) is 18.9 Å². The van der Waals surface area contributed by atoms with Crippen molar-refractivity contribution in [2.45, 2.75) is 13.0 Å². The first-order valence-corrected chi connectivity index (χ1v) is 8.84. The second-order valence-electron chi connectivity index (χ2n) is 6.50. The van der Waals surface area contributed by atoms with Crippen molar-refractivity contribution in [2.75, 3.05) is 31.1 Å². The summed E-state index contributed by atoms with van der Waals surface area (Å²) in [7, 11) is 0. The lowest BCUT2D eigenvalue weighted by Gasteiger charge is -2.38. The molecule has 0 aliphatic carbocycles. The molecule has 1 saturated heterocycles. The highest BCUT2D eigenvalue weighted by Gasteiger charge is 2.26. The molecule has 0 spiro atoms. The fraction of sp³-hybridized carbons (Fsp3) is 0.300. The first kappa shape index (κ1) is 16.7. The Balaban J connectivity index is 1.40. The summed E-state index contributed by atoms with van der Waals surface area (Å²) in [5, 5.41) is 4.11. The second kappa shape index (κ2) is 7.25. The Bertz CT molecular complexity index is 842. The molecule has 1 aliphatic heterocycles. The summed E-state index contributed by atoms with van der Waals surface area (Å²) in [5.41, 5.74) is 2.01. The minimum absolute atomic E-state index is 0.0651. The molecule has 3 aromatic rings. The standard InChI is InChI=1S/C20H21FN4O/c1-15(20-22-19(23-26-20)16-5-3-2-4-6-16)24-11-13-25(14-12-24)18-9-7-17(21)8-10-18/h2-10,15H,11-14H2,1H3. The first-order chi connectivity index (χ1) is 12.7. The Kier molecular flexibility index (Phi) is 4.67. The van der Waals surface area contributed by atoms with Crippen molar-refractivity contribution < 1.29 is 8.91 Å². The topological polar surface area (TPSA) is 45.4 Å². The molecule has 134 valence electrons. The van der Waals surface area contributed by atoms with Gasteiger partial charge in [0.05, 0.1) is 6.04 Å². The van der Waals surface area contributed by atoms with Gasteiger partial charge in [0, 0.05) is 37.4 Å². The fourth-order valence-electron chi connectivity index (χ4n) is 3.28. The third-order valence-electron chi connectivity index (χ3n) is 4.88. The van der Waals surface area contributed by atoms with Gasteiger partial charge in [0.25, 0.3) is 0 Å². The van der Waals surface area contributed by atoms with Crippen molar-refractivity contribution >= 4 is 5.69 Å². The highest BCUT2D eigenvalue weighted by molar-refractivity contribution is 5.53. The molecule has 0 N–H and O–H groups in total. The number of halogens is 1. The highest BCUT2D eigenvalue weighted by atomic mass is 19.1. The van der Waals surface area contributed by atoms with Crippen LogP contribution in [0, 0.1) is 5.82 Å². The first-order valence-electron chi connectivity index (χ1n) is 8.84. The summed E-state index contributed by atoms with van der Waals surface area (Å²) in [6, 6.07) is 16.6. The second-order valence-corrected chi connectivity index (χ2v) is 6.50. The van der Waals surface area contributed by atoms with Crippen LogP contribution in [0.3, 0.4) is 0 Å². The van der Waals surface area contributed by atoms with Crippen LogP contribution in [0.5, 0.6) is 0 Å². The summed E-state index contributed by atoms with van der Waals surface area (Å²) in [4.78, 5) is 9.17. The zero-order valence-corrected chi connectivity index (χ0v) is 14.7. The minimum Gasteiger partial charge on any atom is -0.369 e. The quantitative estimate of drug-likeness (QED) is 0.715. The van der Waals surface area contributed by atoms with E-state index in [9.17, 15) is 4.39 Å². The van der Waals surface area contributed by atoms with Gasteiger partial charge in [-0.15, -0.1) is 0 Å². The zero-order chi connectivity index (χ0) is 17.9. The van der Waals surface area contributed by atoms with E-state index in [2.05, 4.69) is 26.9 Å². The lowest BCUT2D eigenvalue weighted by Crippen LogP contribution is -2.47. The van der Waals surface area contributed by atoms with Gasteiger partial charge in [0.15, 0.2) is 0 Å². The van der Waals surface area contributed by atoms with Crippen LogP contribution in [-0.4, -0.2) is 41.2 Å². The number of rotatable bonds is 4. The average molecular weight is 352 g/mol. The van der Waals surface area contributed by atoms with Gasteiger partial charge in [-0.25, -0.2) is 4.39 Å². The SMILES string of the molecule is CC(c1nc(-c2ccccc2)no1)N1CCN(c2ccc(F)cc2)CC1. The maximum Gasteiger partial charge on any atom is 0.244 e. The highest BCUT2D eigenvalue weighted by Crippen LogP contribution is 2.25. The van der Waals surface area contributed by atoms with E-state index in [0.717, 1.165) is 37.4 Å². The molecule has 1 fully saturated rings. The number of benzene rings is 2. The summed E-state index contributed by atoms with van der Waals surface area (Å²) in [6.45, 7) is 5.64. The van der Waals surface area contributed by atoms with Gasteiger partial charge >= 0.3 is 0 Å². The zero-order valence-electron chi connectivity index (χ0n) is 14.7. The monoisotopic (exact) mass is 352 g/mol. The summed E-state index contributed by atoms with van der Waals surface area (Å²) >= 11 is 0. The molecule has 2 aromatic carbocycles. The summed E-state index contributed by atoms with van der Waals surface area (Å²) < 4.78 is 18.6. The molecule has 0 amide bonds. The number of piperazine rings is 1. The summed E-state index contributed by atoms with van der Waals surface area (Å²) in [5.74, 6) is 1.06. The van der Waals surface area contributed by atoms with E-state index in [4.69, 9.17) is 4.52 Å². The van der Waals surface area contributed by atoms with E-state index in [1.54, 1.807) is 0 Å². The number of hydrogen-bond acceptors (Lipinski definition) is 5. The third-order valence-corrected chi connectivity index (χ3v) is 4.88. The predicted molar refractivity (Wildman–Crippen MR) is 98.3 cm³/mol. The van der Waals surface area contributed by atoms with Crippen molar-refractivity contribution in [3.63, 3.8) is 0 Å². The van der Waals surface area contributed by atoms with Crippen molar-refractivity contribution in [1.29, 1.82) is 0 Å². The number of hydrogen-bond donors (Lipinski definition) is 0. The molecule has 0 saturated carbocycles. The number of aromatic nitrogens is 2. The largest absolute Gasteiger partial charge is 0.369 e. The van der Waals surface area contributed by atoms with Gasteiger partial charge in [-0.1, -0.05) is 35.5 Å². The van der Waals surface area contributed by atoms with Crippen LogP contribution in [-0.2, 0) is 0 Å². The summed E-state index contributed by atoms with van der Waals surface area (Å²) in [6.07, 6.45) is 0. The van der Waals surface area contributed by atoms with Crippen molar-refractivity contribution in [3.8, 4) is 11.4 Å². The maximum atomic E-state index is 13.1. The smallest absolute Gasteiger partial charge is 0.244 e. The molecule has 5 nitrogen and oxygen atoms in total. The van der Waals surface area contributed by atoms with Crippen LogP contribution < -0.4 is 4.90 Å². The van der Waals surface area contributed by atoms with E-state index in [1.165, 1.54) is 12.1 Å². The van der Waals surface area contributed by atoms with Crippen molar-refractivity contribution in [2.24, 2.45) is 0 Å². The predicted octanol–water partition coefficient (Wildman–Crippen LogP) is 3.76. The molecule has 4 rings (SSSR count). The Morgan fingerprint density at radius 1 is 0.962 bits per heavy atom. The van der Waals surface area contributed by atoms with Gasteiger partial charge in [0.1, 0.15) is 5.82 Å². The van der Waals surface area contributed by atoms with Gasteiger partial charge in [0.2, 0.25) is 11.7 Å². The van der Waals surface area contributed by atoms with Gasteiger partial charge < -0.3 is 9.42 Å². The molecule has 0 bridgehead atoms. The Hall–Kier alpha value is -2.73. The molecule has 1 aliphatic rings. The minimum atomic E-state index is -0.202. The van der Waals surface area contributed by atoms with E-state index >= 15 is 0 Å². The van der Waals surface area contributed by atoms with Crippen LogP contribution >= 0.6 is 0 Å². The molecule has 1 aromatic heterocycles. The Morgan fingerprint density at radius 3 is 2.35 bits per heavy atom. The van der Waals surface area contributed by atoms with E-state index in [-0.39, 0.29) is 11.9 Å². The van der Waals surface area contributed by atoms with E-state index in [1.807, 2.05) is 42.5 Å². The van der Waals surface area contributed by atoms with Crippen LogP contribution in [0.25, 0.3) is 11.4 Å². The van der Waals surface area contributed by atoms with Crippen LogP contribution in [0.15, 0.2) is 59.1 Å². The van der Waals surface area contributed by atoms with Gasteiger partial charge in [-0.3, -0.25) is 4.90 Å². The molecule has 2 heterocycles. The normalized spacial score (nSPS) is 16.6. The lowest BCUT2D eigenvalue weighted by atomic mass is 10.2. The van der Waals surface area contributed by atoms with Crippen molar-refractivity contribution in [1.82, 2.24) is 15.0 Å². The lowest BCUT2D eigenvalue weighted by molar-refractivity contribution is 0.164. The van der Waals surface area contributed by atoms with Gasteiger partial charge in [-0.05, 0) is 31.2 Å². The maximum absolute atomic E-state index is 13.1. The van der Waals surface area contributed by atoms with Gasteiger partial charge in [-0.2, -0.15) is 4.98 Å². The molecule has 0 radical (unpaired) electrons. The molecular formula is C20H21FN4O. The van der Waals surface area contributed by atoms with Crippen LogP contribution in [0.2, 0.25) is 0 Å². The molecule has 26 heavy (non-hydrogen) atoms. The number of nitrogens with zero attached hydrogens (tertiary/aromatic N) is 4. The number of anilines is 1. The Labute approximate surface area is 152 Å².